The van der Waals surface area contributed by atoms with Gasteiger partial charge in [-0.25, -0.2) is 4.98 Å². The van der Waals surface area contributed by atoms with Crippen LogP contribution in [0.3, 0.4) is 0 Å². The number of imidazole rings is 1. The number of thiazole rings is 1. The summed E-state index contributed by atoms with van der Waals surface area (Å²) in [5, 5.41) is 13.5. The molecule has 0 fully saturated rings. The van der Waals surface area contributed by atoms with Crippen molar-refractivity contribution in [2.45, 2.75) is 6.04 Å². The van der Waals surface area contributed by atoms with E-state index in [1.165, 1.54) is 0 Å². The van der Waals surface area contributed by atoms with Gasteiger partial charge in [0.2, 0.25) is 6.41 Å². The van der Waals surface area contributed by atoms with E-state index in [0.717, 1.165) is 4.83 Å². The molecule has 2 N–H and O–H groups in total. The number of aliphatic hydroxyl groups excluding tert-OH is 1. The van der Waals surface area contributed by atoms with Gasteiger partial charge in [0.15, 0.2) is 0 Å². The van der Waals surface area contributed by atoms with Crippen LogP contribution in [0.2, 0.25) is 0 Å². The molecule has 0 aliphatic heterocycles. The number of carbonyl (C=O) groups is 1. The Morgan fingerprint density at radius 3 is 3.36 bits per heavy atom. The first-order valence-electron chi connectivity index (χ1n) is 4.08. The Hall–Kier alpha value is -1.40. The molecule has 0 radical (unpaired) electrons. The molecule has 74 valence electrons. The molecule has 1 amide bonds. The zero-order chi connectivity index (χ0) is 9.97. The van der Waals surface area contributed by atoms with Crippen molar-refractivity contribution in [1.29, 1.82) is 0 Å². The average Bonchev–Trinajstić information content (AvgIpc) is 2.75. The fourth-order valence-electron chi connectivity index (χ4n) is 1.31. The van der Waals surface area contributed by atoms with E-state index in [2.05, 4.69) is 10.3 Å². The third-order valence-electron chi connectivity index (χ3n) is 1.95. The second-order valence-corrected chi connectivity index (χ2v) is 3.67. The molecule has 0 aliphatic rings. The summed E-state index contributed by atoms with van der Waals surface area (Å²) in [5.74, 6) is 0.649. The van der Waals surface area contributed by atoms with Gasteiger partial charge in [-0.05, 0) is 0 Å². The number of rotatable bonds is 4. The summed E-state index contributed by atoms with van der Waals surface area (Å²) in [7, 11) is 0. The Balaban J connectivity index is 2.40. The monoisotopic (exact) mass is 211 g/mol. The zero-order valence-corrected chi connectivity index (χ0v) is 8.07. The van der Waals surface area contributed by atoms with Crippen LogP contribution >= 0.6 is 11.3 Å². The number of hydrogen-bond acceptors (Lipinski definition) is 4. The second kappa shape index (κ2) is 3.77. The van der Waals surface area contributed by atoms with Gasteiger partial charge in [0.05, 0.1) is 12.8 Å². The second-order valence-electron chi connectivity index (χ2n) is 2.75. The lowest BCUT2D eigenvalue weighted by molar-refractivity contribution is -0.110. The highest BCUT2D eigenvalue weighted by atomic mass is 32.1. The lowest BCUT2D eigenvalue weighted by Crippen LogP contribution is -2.24. The van der Waals surface area contributed by atoms with Crippen molar-refractivity contribution in [2.75, 3.05) is 6.61 Å². The van der Waals surface area contributed by atoms with Gasteiger partial charge in [-0.15, -0.1) is 11.3 Å². The molecule has 2 heterocycles. The Bertz CT molecular complexity index is 436. The molecule has 0 aromatic carbocycles. The Labute approximate surface area is 84.0 Å². The molecule has 0 saturated heterocycles. The fourth-order valence-corrected chi connectivity index (χ4v) is 2.01. The Morgan fingerprint density at radius 2 is 2.64 bits per heavy atom. The van der Waals surface area contributed by atoms with Gasteiger partial charge in [0.1, 0.15) is 16.7 Å². The highest BCUT2D eigenvalue weighted by Gasteiger charge is 2.15. The smallest absolute Gasteiger partial charge is 0.207 e. The van der Waals surface area contributed by atoms with Crippen LogP contribution in [0.1, 0.15) is 11.9 Å². The predicted octanol–water partition coefficient (Wildman–Crippen LogP) is 0.175. The third-order valence-corrected chi connectivity index (χ3v) is 2.76. The summed E-state index contributed by atoms with van der Waals surface area (Å²) in [5.41, 5.74) is 0. The number of nitrogens with zero attached hydrogens (tertiary/aromatic N) is 2. The van der Waals surface area contributed by atoms with Crippen LogP contribution in [0, 0.1) is 0 Å². The van der Waals surface area contributed by atoms with Gasteiger partial charge in [0.25, 0.3) is 0 Å². The first-order chi connectivity index (χ1) is 6.86. The van der Waals surface area contributed by atoms with Crippen LogP contribution in [0.25, 0.3) is 4.83 Å². The average molecular weight is 211 g/mol. The molecular formula is C8H9N3O2S. The van der Waals surface area contributed by atoms with E-state index in [-0.39, 0.29) is 6.61 Å². The van der Waals surface area contributed by atoms with E-state index in [1.807, 2.05) is 16.0 Å². The lowest BCUT2D eigenvalue weighted by atomic mass is 10.3. The molecule has 14 heavy (non-hydrogen) atoms. The Kier molecular flexibility index (Phi) is 2.47. The molecule has 6 heteroatoms. The fraction of sp³-hybridized carbons (Fsp3) is 0.250. The molecular weight excluding hydrogens is 202 g/mol. The number of amides is 1. The summed E-state index contributed by atoms with van der Waals surface area (Å²) < 4.78 is 1.85. The minimum Gasteiger partial charge on any atom is -0.394 e. The number of nitrogens with one attached hydrogen (secondary N) is 1. The topological polar surface area (TPSA) is 66.6 Å². The number of aromatic nitrogens is 2. The number of fused-ring (bicyclic) bond motifs is 1. The number of hydrogen-bond donors (Lipinski definition) is 2. The first-order valence-corrected chi connectivity index (χ1v) is 4.95. The molecule has 0 aliphatic carbocycles. The number of aliphatic hydroxyl groups is 1. The van der Waals surface area contributed by atoms with E-state index in [4.69, 9.17) is 5.11 Å². The van der Waals surface area contributed by atoms with Gasteiger partial charge < -0.3 is 10.4 Å². The lowest BCUT2D eigenvalue weighted by Gasteiger charge is -2.10. The molecule has 0 bridgehead atoms. The van der Waals surface area contributed by atoms with Gasteiger partial charge in [-0.2, -0.15) is 0 Å². The van der Waals surface area contributed by atoms with Crippen LogP contribution in [0.4, 0.5) is 0 Å². The highest BCUT2D eigenvalue weighted by molar-refractivity contribution is 7.15. The summed E-state index contributed by atoms with van der Waals surface area (Å²) in [6.45, 7) is -0.159. The summed E-state index contributed by atoms with van der Waals surface area (Å²) in [6.07, 6.45) is 4.14. The molecule has 2 aromatic rings. The third kappa shape index (κ3) is 1.38. The summed E-state index contributed by atoms with van der Waals surface area (Å²) >= 11 is 1.56. The van der Waals surface area contributed by atoms with Gasteiger partial charge in [-0.1, -0.05) is 0 Å². The first kappa shape index (κ1) is 9.17. The maximum Gasteiger partial charge on any atom is 0.207 e. The van der Waals surface area contributed by atoms with Crippen LogP contribution in [0.15, 0.2) is 17.8 Å². The van der Waals surface area contributed by atoms with Crippen molar-refractivity contribution in [2.24, 2.45) is 0 Å². The molecule has 0 saturated carbocycles. The van der Waals surface area contributed by atoms with Crippen molar-refractivity contribution in [1.82, 2.24) is 14.7 Å². The molecule has 5 nitrogen and oxygen atoms in total. The maximum atomic E-state index is 10.3. The van der Waals surface area contributed by atoms with E-state index in [1.54, 1.807) is 17.5 Å². The minimum atomic E-state index is -0.440. The van der Waals surface area contributed by atoms with Gasteiger partial charge in [-0.3, -0.25) is 9.20 Å². The van der Waals surface area contributed by atoms with Crippen LogP contribution < -0.4 is 5.32 Å². The highest BCUT2D eigenvalue weighted by Crippen LogP contribution is 2.17. The molecule has 1 atom stereocenters. The molecule has 1 unspecified atom stereocenters. The SMILES string of the molecule is O=CNC(CO)c1ncc2sccn12. The Morgan fingerprint density at radius 1 is 1.79 bits per heavy atom. The van der Waals surface area contributed by atoms with Gasteiger partial charge in [0, 0.05) is 11.6 Å². The van der Waals surface area contributed by atoms with Crippen molar-refractivity contribution < 1.29 is 9.90 Å². The van der Waals surface area contributed by atoms with E-state index in [9.17, 15) is 4.79 Å². The van der Waals surface area contributed by atoms with E-state index >= 15 is 0 Å². The van der Waals surface area contributed by atoms with E-state index in [0.29, 0.717) is 12.2 Å². The normalized spacial score (nSPS) is 12.9. The molecule has 2 aromatic heterocycles. The molecule has 2 rings (SSSR count). The standard InChI is InChI=1S/C8H9N3O2S/c12-4-6(10-5-13)8-9-3-7-11(8)1-2-14-7/h1-3,5-6,12H,4H2,(H,10,13). The quantitative estimate of drug-likeness (QED) is 0.709. The number of carbonyl (C=O) groups excluding carboxylic acids is 1. The van der Waals surface area contributed by atoms with Crippen molar-refractivity contribution >= 4 is 22.6 Å². The van der Waals surface area contributed by atoms with Gasteiger partial charge >= 0.3 is 0 Å². The maximum absolute atomic E-state index is 10.3. The minimum absolute atomic E-state index is 0.159. The van der Waals surface area contributed by atoms with Crippen molar-refractivity contribution in [3.05, 3.63) is 23.6 Å². The van der Waals surface area contributed by atoms with Crippen LogP contribution in [-0.4, -0.2) is 27.5 Å². The van der Waals surface area contributed by atoms with Crippen molar-refractivity contribution in [3.8, 4) is 0 Å². The zero-order valence-electron chi connectivity index (χ0n) is 7.25. The predicted molar refractivity (Wildman–Crippen MR) is 52.1 cm³/mol. The van der Waals surface area contributed by atoms with E-state index < -0.39 is 6.04 Å². The molecule has 0 spiro atoms. The van der Waals surface area contributed by atoms with Crippen molar-refractivity contribution in [3.63, 3.8) is 0 Å². The van der Waals surface area contributed by atoms with Crippen LogP contribution in [-0.2, 0) is 4.79 Å². The summed E-state index contributed by atoms with van der Waals surface area (Å²) in [6, 6.07) is -0.440. The largest absolute Gasteiger partial charge is 0.394 e. The van der Waals surface area contributed by atoms with Crippen LogP contribution in [0.5, 0.6) is 0 Å². The summed E-state index contributed by atoms with van der Waals surface area (Å²) in [4.78, 5) is 15.4.